The number of unbranched alkanes of at least 4 members (excludes halogenated alkanes) is 2. The van der Waals surface area contributed by atoms with Crippen molar-refractivity contribution < 1.29 is 5.11 Å². The van der Waals surface area contributed by atoms with E-state index >= 15 is 0 Å². The third kappa shape index (κ3) is 7.08. The molecule has 1 atom stereocenters. The summed E-state index contributed by atoms with van der Waals surface area (Å²) in [5, 5.41) is 12.7. The number of hydrogen-bond acceptors (Lipinski definition) is 2. The van der Waals surface area contributed by atoms with Crippen LogP contribution in [0.3, 0.4) is 0 Å². The number of aliphatic hydroxyl groups is 1. The zero-order chi connectivity index (χ0) is 22.9. The van der Waals surface area contributed by atoms with Crippen LogP contribution in [-0.2, 0) is 0 Å². The van der Waals surface area contributed by atoms with E-state index in [9.17, 15) is 5.11 Å². The Labute approximate surface area is 202 Å². The number of aliphatic hydroxyl groups excluding tert-OH is 1. The molecule has 1 N–H and O–H groups in total. The van der Waals surface area contributed by atoms with E-state index in [2.05, 4.69) is 36.9 Å². The summed E-state index contributed by atoms with van der Waals surface area (Å²) in [4.78, 5) is 2.40. The van der Waals surface area contributed by atoms with Crippen molar-refractivity contribution in [2.24, 2.45) is 0 Å². The van der Waals surface area contributed by atoms with Crippen molar-refractivity contribution >= 4 is 23.2 Å². The molecule has 0 fully saturated rings. The molecule has 0 amide bonds. The Bertz CT molecular complexity index is 898. The first-order valence-corrected chi connectivity index (χ1v) is 12.3. The van der Waals surface area contributed by atoms with E-state index in [0.29, 0.717) is 16.6 Å². The van der Waals surface area contributed by atoms with Crippen LogP contribution in [0.15, 0.2) is 66.7 Å². The molecule has 4 heteroatoms. The molecule has 0 saturated carbocycles. The molecule has 3 rings (SSSR count). The maximum atomic E-state index is 11.2. The first kappa shape index (κ1) is 24.8. The molecule has 0 aliphatic carbocycles. The molecule has 0 saturated heterocycles. The summed E-state index contributed by atoms with van der Waals surface area (Å²) in [7, 11) is 0. The fourth-order valence-electron chi connectivity index (χ4n) is 3.87. The highest BCUT2D eigenvalue weighted by Crippen LogP contribution is 2.32. The monoisotopic (exact) mass is 469 g/mol. The standard InChI is InChI=1S/C28H33Cl2NO/c1-3-5-15-31(16-6-4-2)20-28(32)25-18-23(21-7-11-26(29)12-8-21)17-24(19-25)22-9-13-27(30)14-10-22/h7-14,17-19,28,32H,3-6,15-16,20H2,1-2H3. The molecule has 0 heterocycles. The third-order valence-corrected chi connectivity index (χ3v) is 6.29. The first-order valence-electron chi connectivity index (χ1n) is 11.6. The van der Waals surface area contributed by atoms with Crippen molar-refractivity contribution in [3.8, 4) is 22.3 Å². The zero-order valence-corrected chi connectivity index (χ0v) is 20.5. The molecular weight excluding hydrogens is 437 g/mol. The zero-order valence-electron chi connectivity index (χ0n) is 19.0. The minimum absolute atomic E-state index is 0.554. The molecule has 0 bridgehead atoms. The van der Waals surface area contributed by atoms with E-state index in [1.165, 1.54) is 0 Å². The molecule has 1 unspecified atom stereocenters. The van der Waals surface area contributed by atoms with Crippen LogP contribution in [0, 0.1) is 0 Å². The van der Waals surface area contributed by atoms with Crippen LogP contribution in [-0.4, -0.2) is 29.6 Å². The van der Waals surface area contributed by atoms with Gasteiger partial charge in [0.1, 0.15) is 0 Å². The molecular formula is C28H33Cl2NO. The molecule has 0 radical (unpaired) electrons. The lowest BCUT2D eigenvalue weighted by Gasteiger charge is -2.25. The van der Waals surface area contributed by atoms with Gasteiger partial charge in [-0.3, -0.25) is 0 Å². The highest BCUT2D eigenvalue weighted by Gasteiger charge is 2.16. The van der Waals surface area contributed by atoms with Gasteiger partial charge in [-0.05, 0) is 96.2 Å². The average molecular weight is 470 g/mol. The van der Waals surface area contributed by atoms with Crippen molar-refractivity contribution in [3.63, 3.8) is 0 Å². The molecule has 170 valence electrons. The second kappa shape index (κ2) is 12.4. The maximum absolute atomic E-state index is 11.2. The Morgan fingerprint density at radius 1 is 0.688 bits per heavy atom. The van der Waals surface area contributed by atoms with Crippen LogP contribution >= 0.6 is 23.2 Å². The van der Waals surface area contributed by atoms with Crippen molar-refractivity contribution in [2.45, 2.75) is 45.6 Å². The van der Waals surface area contributed by atoms with Gasteiger partial charge in [0.25, 0.3) is 0 Å². The molecule has 0 spiro atoms. The molecule has 0 aliphatic heterocycles. The van der Waals surface area contributed by atoms with E-state index in [0.717, 1.165) is 66.6 Å². The van der Waals surface area contributed by atoms with Crippen molar-refractivity contribution in [3.05, 3.63) is 82.3 Å². The Morgan fingerprint density at radius 3 is 1.53 bits per heavy atom. The predicted molar refractivity (Wildman–Crippen MR) is 139 cm³/mol. The molecule has 2 nitrogen and oxygen atoms in total. The molecule has 32 heavy (non-hydrogen) atoms. The predicted octanol–water partition coefficient (Wildman–Crippen LogP) is 8.26. The maximum Gasteiger partial charge on any atom is 0.0917 e. The van der Waals surface area contributed by atoms with Gasteiger partial charge in [0.05, 0.1) is 6.10 Å². The van der Waals surface area contributed by atoms with Crippen LogP contribution < -0.4 is 0 Å². The van der Waals surface area contributed by atoms with E-state index in [1.807, 2.05) is 48.5 Å². The minimum atomic E-state index is -0.554. The molecule has 3 aromatic carbocycles. The van der Waals surface area contributed by atoms with Gasteiger partial charge in [0.15, 0.2) is 0 Å². The van der Waals surface area contributed by atoms with Crippen molar-refractivity contribution in [1.82, 2.24) is 4.90 Å². The van der Waals surface area contributed by atoms with E-state index in [1.54, 1.807) is 0 Å². The normalized spacial score (nSPS) is 12.3. The molecule has 3 aromatic rings. The van der Waals surface area contributed by atoms with E-state index < -0.39 is 6.10 Å². The number of nitrogens with zero attached hydrogens (tertiary/aromatic N) is 1. The lowest BCUT2D eigenvalue weighted by Crippen LogP contribution is -2.30. The number of benzene rings is 3. The summed E-state index contributed by atoms with van der Waals surface area (Å²) < 4.78 is 0. The van der Waals surface area contributed by atoms with E-state index in [-0.39, 0.29) is 0 Å². The minimum Gasteiger partial charge on any atom is -0.387 e. The number of rotatable bonds is 11. The van der Waals surface area contributed by atoms with Gasteiger partial charge < -0.3 is 10.0 Å². The molecule has 0 aromatic heterocycles. The summed E-state index contributed by atoms with van der Waals surface area (Å²) in [5.74, 6) is 0. The second-order valence-electron chi connectivity index (χ2n) is 8.38. The topological polar surface area (TPSA) is 23.5 Å². The second-order valence-corrected chi connectivity index (χ2v) is 9.25. The highest BCUT2D eigenvalue weighted by atomic mass is 35.5. The summed E-state index contributed by atoms with van der Waals surface area (Å²) in [6.45, 7) is 7.11. The first-order chi connectivity index (χ1) is 15.5. The van der Waals surface area contributed by atoms with Gasteiger partial charge in [-0.1, -0.05) is 74.2 Å². The Balaban J connectivity index is 1.95. The average Bonchev–Trinajstić information content (AvgIpc) is 2.81. The van der Waals surface area contributed by atoms with Crippen LogP contribution in [0.2, 0.25) is 10.0 Å². The summed E-state index contributed by atoms with van der Waals surface area (Å²) in [6, 6.07) is 22.1. The van der Waals surface area contributed by atoms with Gasteiger partial charge >= 0.3 is 0 Å². The largest absolute Gasteiger partial charge is 0.387 e. The third-order valence-electron chi connectivity index (χ3n) is 5.78. The van der Waals surface area contributed by atoms with Crippen LogP contribution in [0.4, 0.5) is 0 Å². The Hall–Kier alpha value is -1.84. The van der Waals surface area contributed by atoms with E-state index in [4.69, 9.17) is 23.2 Å². The summed E-state index contributed by atoms with van der Waals surface area (Å²) >= 11 is 12.2. The summed E-state index contributed by atoms with van der Waals surface area (Å²) in [6.07, 6.45) is 4.06. The van der Waals surface area contributed by atoms with Gasteiger partial charge in [0.2, 0.25) is 0 Å². The summed E-state index contributed by atoms with van der Waals surface area (Å²) in [5.41, 5.74) is 5.22. The number of hydrogen-bond donors (Lipinski definition) is 1. The fraction of sp³-hybridized carbons (Fsp3) is 0.357. The lowest BCUT2D eigenvalue weighted by molar-refractivity contribution is 0.111. The van der Waals surface area contributed by atoms with Gasteiger partial charge in [-0.15, -0.1) is 0 Å². The van der Waals surface area contributed by atoms with Crippen LogP contribution in [0.5, 0.6) is 0 Å². The lowest BCUT2D eigenvalue weighted by atomic mass is 9.94. The van der Waals surface area contributed by atoms with Crippen LogP contribution in [0.25, 0.3) is 22.3 Å². The van der Waals surface area contributed by atoms with Gasteiger partial charge in [0, 0.05) is 16.6 Å². The van der Waals surface area contributed by atoms with Crippen LogP contribution in [0.1, 0.15) is 51.2 Å². The van der Waals surface area contributed by atoms with Gasteiger partial charge in [-0.2, -0.15) is 0 Å². The number of halogens is 2. The van der Waals surface area contributed by atoms with Crippen molar-refractivity contribution in [1.29, 1.82) is 0 Å². The fourth-order valence-corrected chi connectivity index (χ4v) is 4.12. The smallest absolute Gasteiger partial charge is 0.0917 e. The Kier molecular flexibility index (Phi) is 9.62. The molecule has 0 aliphatic rings. The SMILES string of the molecule is CCCCN(CCCC)CC(O)c1cc(-c2ccc(Cl)cc2)cc(-c2ccc(Cl)cc2)c1. The quantitative estimate of drug-likeness (QED) is 0.305. The van der Waals surface area contributed by atoms with Gasteiger partial charge in [-0.25, -0.2) is 0 Å². The Morgan fingerprint density at radius 2 is 1.12 bits per heavy atom. The highest BCUT2D eigenvalue weighted by molar-refractivity contribution is 6.30. The van der Waals surface area contributed by atoms with Crippen molar-refractivity contribution in [2.75, 3.05) is 19.6 Å².